The van der Waals surface area contributed by atoms with E-state index in [1.165, 1.54) is 6.07 Å². The Hall–Kier alpha value is -1.69. The van der Waals surface area contributed by atoms with Gasteiger partial charge in [-0.05, 0) is 32.4 Å². The highest BCUT2D eigenvalue weighted by molar-refractivity contribution is 5.72. The molecule has 3 heteroatoms. The smallest absolute Gasteiger partial charge is 0.128 e. The van der Waals surface area contributed by atoms with Crippen LogP contribution in [0, 0.1) is 28.5 Å². The van der Waals surface area contributed by atoms with Gasteiger partial charge in [0, 0.05) is 17.7 Å². The minimum Gasteiger partial charge on any atom is -0.260 e. The maximum Gasteiger partial charge on any atom is 0.128 e. The first kappa shape index (κ1) is 10.8. The van der Waals surface area contributed by atoms with Gasteiger partial charge in [-0.15, -0.1) is 0 Å². The van der Waals surface area contributed by atoms with E-state index in [0.29, 0.717) is 17.7 Å². The summed E-state index contributed by atoms with van der Waals surface area (Å²) in [6, 6.07) is 7.14. The van der Waals surface area contributed by atoms with Gasteiger partial charge in [0.25, 0.3) is 0 Å². The summed E-state index contributed by atoms with van der Waals surface area (Å²) in [6.07, 6.45) is 2.32. The Balaban J connectivity index is 2.39. The van der Waals surface area contributed by atoms with Gasteiger partial charge in [0.2, 0.25) is 0 Å². The van der Waals surface area contributed by atoms with Crippen LogP contribution in [-0.2, 0) is 6.42 Å². The predicted molar refractivity (Wildman–Crippen MR) is 61.1 cm³/mol. The van der Waals surface area contributed by atoms with Crippen molar-refractivity contribution in [3.05, 3.63) is 29.6 Å². The molecule has 0 bridgehead atoms. The highest BCUT2D eigenvalue weighted by Gasteiger charge is 2.31. The first-order valence-corrected chi connectivity index (χ1v) is 5.27. The summed E-state index contributed by atoms with van der Waals surface area (Å²) in [5.41, 5.74) is 0.798. The number of benzene rings is 1. The lowest BCUT2D eigenvalue weighted by molar-refractivity contribution is 0.375. The second kappa shape index (κ2) is 3.71. The Morgan fingerprint density at radius 1 is 1.50 bits per heavy atom. The summed E-state index contributed by atoms with van der Waals surface area (Å²) in [5.74, 6) is -0.255. The maximum atomic E-state index is 13.6. The number of aliphatic imine (C=N–C) groups is 1. The SMILES string of the molecule is CC(C)(C#N)C1C=Nc2cccc(F)c2C1. The molecule has 16 heavy (non-hydrogen) atoms. The average Bonchev–Trinajstić information content (AvgIpc) is 2.29. The van der Waals surface area contributed by atoms with Gasteiger partial charge in [-0.2, -0.15) is 5.26 Å². The van der Waals surface area contributed by atoms with Crippen LogP contribution in [0.5, 0.6) is 0 Å². The molecule has 2 rings (SSSR count). The van der Waals surface area contributed by atoms with Crippen molar-refractivity contribution in [1.82, 2.24) is 0 Å². The minimum absolute atomic E-state index is 0.0260. The van der Waals surface area contributed by atoms with Crippen molar-refractivity contribution in [3.63, 3.8) is 0 Å². The van der Waals surface area contributed by atoms with Crippen LogP contribution in [0.1, 0.15) is 19.4 Å². The summed E-state index contributed by atoms with van der Waals surface area (Å²) in [7, 11) is 0. The normalized spacial score (nSPS) is 19.0. The lowest BCUT2D eigenvalue weighted by atomic mass is 9.76. The molecule has 0 aromatic heterocycles. The first-order valence-electron chi connectivity index (χ1n) is 5.27. The molecule has 0 spiro atoms. The zero-order valence-corrected chi connectivity index (χ0v) is 9.37. The molecule has 0 saturated carbocycles. The van der Waals surface area contributed by atoms with E-state index in [0.717, 1.165) is 0 Å². The fourth-order valence-electron chi connectivity index (χ4n) is 1.84. The van der Waals surface area contributed by atoms with E-state index in [9.17, 15) is 4.39 Å². The number of hydrogen-bond acceptors (Lipinski definition) is 2. The van der Waals surface area contributed by atoms with Gasteiger partial charge in [0.1, 0.15) is 5.82 Å². The van der Waals surface area contributed by atoms with Crippen LogP contribution in [-0.4, -0.2) is 6.21 Å². The number of nitriles is 1. The number of halogens is 1. The van der Waals surface area contributed by atoms with Gasteiger partial charge in [-0.3, -0.25) is 4.99 Å². The molecule has 1 heterocycles. The molecule has 1 aliphatic heterocycles. The highest BCUT2D eigenvalue weighted by atomic mass is 19.1. The van der Waals surface area contributed by atoms with E-state index >= 15 is 0 Å². The fraction of sp³-hybridized carbons (Fsp3) is 0.385. The molecule has 1 aromatic carbocycles. The van der Waals surface area contributed by atoms with Crippen LogP contribution in [0.2, 0.25) is 0 Å². The van der Waals surface area contributed by atoms with Crippen molar-refractivity contribution >= 4 is 11.9 Å². The van der Waals surface area contributed by atoms with E-state index in [-0.39, 0.29) is 11.7 Å². The van der Waals surface area contributed by atoms with Crippen LogP contribution in [0.3, 0.4) is 0 Å². The largest absolute Gasteiger partial charge is 0.260 e. The molecule has 1 unspecified atom stereocenters. The average molecular weight is 216 g/mol. The second-order valence-electron chi connectivity index (χ2n) is 4.66. The third kappa shape index (κ3) is 1.71. The van der Waals surface area contributed by atoms with Crippen molar-refractivity contribution < 1.29 is 4.39 Å². The van der Waals surface area contributed by atoms with Crippen LogP contribution < -0.4 is 0 Å². The Kier molecular flexibility index (Phi) is 2.51. The zero-order chi connectivity index (χ0) is 11.8. The van der Waals surface area contributed by atoms with Gasteiger partial charge in [0.15, 0.2) is 0 Å². The second-order valence-corrected chi connectivity index (χ2v) is 4.66. The summed E-state index contributed by atoms with van der Waals surface area (Å²) in [4.78, 5) is 4.23. The van der Waals surface area contributed by atoms with Gasteiger partial charge in [0.05, 0.1) is 17.2 Å². The number of hydrogen-bond donors (Lipinski definition) is 0. The van der Waals surface area contributed by atoms with E-state index in [4.69, 9.17) is 5.26 Å². The van der Waals surface area contributed by atoms with E-state index < -0.39 is 5.41 Å². The van der Waals surface area contributed by atoms with E-state index in [1.807, 2.05) is 13.8 Å². The molecule has 0 fully saturated rings. The van der Waals surface area contributed by atoms with Crippen molar-refractivity contribution in [3.8, 4) is 6.07 Å². The third-order valence-electron chi connectivity index (χ3n) is 3.13. The summed E-state index contributed by atoms with van der Waals surface area (Å²) in [6.45, 7) is 3.71. The summed E-state index contributed by atoms with van der Waals surface area (Å²) in [5, 5.41) is 9.06. The number of rotatable bonds is 1. The maximum absolute atomic E-state index is 13.6. The third-order valence-corrected chi connectivity index (χ3v) is 3.13. The van der Waals surface area contributed by atoms with Crippen LogP contribution in [0.25, 0.3) is 0 Å². The molecule has 0 amide bonds. The van der Waals surface area contributed by atoms with E-state index in [2.05, 4.69) is 11.1 Å². The van der Waals surface area contributed by atoms with Crippen LogP contribution in [0.4, 0.5) is 10.1 Å². The number of nitrogens with zero attached hydrogens (tertiary/aromatic N) is 2. The van der Waals surface area contributed by atoms with Crippen molar-refractivity contribution in [2.75, 3.05) is 0 Å². The van der Waals surface area contributed by atoms with Crippen molar-refractivity contribution in [1.29, 1.82) is 5.26 Å². The van der Waals surface area contributed by atoms with Gasteiger partial charge >= 0.3 is 0 Å². The predicted octanol–water partition coefficient (Wildman–Crippen LogP) is 3.25. The Labute approximate surface area is 94.4 Å². The topological polar surface area (TPSA) is 36.1 Å². The van der Waals surface area contributed by atoms with Gasteiger partial charge < -0.3 is 0 Å². The molecular weight excluding hydrogens is 203 g/mol. The highest BCUT2D eigenvalue weighted by Crippen LogP contribution is 2.35. The Morgan fingerprint density at radius 2 is 2.25 bits per heavy atom. The van der Waals surface area contributed by atoms with E-state index in [1.54, 1.807) is 18.3 Å². The molecule has 1 aromatic rings. The van der Waals surface area contributed by atoms with Gasteiger partial charge in [-0.1, -0.05) is 6.07 Å². The Morgan fingerprint density at radius 3 is 2.94 bits per heavy atom. The zero-order valence-electron chi connectivity index (χ0n) is 9.37. The quantitative estimate of drug-likeness (QED) is 0.709. The monoisotopic (exact) mass is 216 g/mol. The minimum atomic E-state index is -0.510. The molecule has 2 nitrogen and oxygen atoms in total. The lowest BCUT2D eigenvalue weighted by Crippen LogP contribution is -2.27. The van der Waals surface area contributed by atoms with Crippen LogP contribution in [0.15, 0.2) is 23.2 Å². The van der Waals surface area contributed by atoms with Gasteiger partial charge in [-0.25, -0.2) is 4.39 Å². The Bertz CT molecular complexity index is 483. The number of fused-ring (bicyclic) bond motifs is 1. The molecular formula is C13H13FN2. The molecule has 82 valence electrons. The fourth-order valence-corrected chi connectivity index (χ4v) is 1.84. The van der Waals surface area contributed by atoms with Crippen molar-refractivity contribution in [2.45, 2.75) is 20.3 Å². The lowest BCUT2D eigenvalue weighted by Gasteiger charge is -2.27. The molecule has 0 N–H and O–H groups in total. The standard InChI is InChI=1S/C13H13FN2/c1-13(2,8-15)9-6-10-11(14)4-3-5-12(10)16-7-9/h3-5,7,9H,6H2,1-2H3. The first-order chi connectivity index (χ1) is 7.54. The van der Waals surface area contributed by atoms with Crippen LogP contribution >= 0.6 is 0 Å². The summed E-state index contributed by atoms with van der Waals surface area (Å²) < 4.78 is 13.6. The molecule has 0 radical (unpaired) electrons. The summed E-state index contributed by atoms with van der Waals surface area (Å²) >= 11 is 0. The molecule has 1 aliphatic rings. The molecule has 0 saturated heterocycles. The molecule has 1 atom stereocenters. The van der Waals surface area contributed by atoms with Crippen molar-refractivity contribution in [2.24, 2.45) is 16.3 Å². The molecule has 0 aliphatic carbocycles.